The normalized spacial score (nSPS) is 10.1. The van der Waals surface area contributed by atoms with Gasteiger partial charge in [0.05, 0.1) is 11.4 Å². The summed E-state index contributed by atoms with van der Waals surface area (Å²) >= 11 is 1.03. The highest BCUT2D eigenvalue weighted by Crippen LogP contribution is 2.21. The average molecular weight is 306 g/mol. The van der Waals surface area contributed by atoms with Crippen LogP contribution in [0.4, 0.5) is 10.1 Å². The van der Waals surface area contributed by atoms with Crippen LogP contribution in [0.15, 0.2) is 47.5 Å². The summed E-state index contributed by atoms with van der Waals surface area (Å²) in [7, 11) is 0. The molecule has 0 unspecified atom stereocenters. The molecule has 0 spiro atoms. The van der Waals surface area contributed by atoms with E-state index >= 15 is 0 Å². The summed E-state index contributed by atoms with van der Waals surface area (Å²) in [6.45, 7) is 0. The van der Waals surface area contributed by atoms with E-state index in [1.165, 1.54) is 24.4 Å². The van der Waals surface area contributed by atoms with Gasteiger partial charge in [0.2, 0.25) is 5.91 Å². The number of carboxylic acids is 1. The summed E-state index contributed by atoms with van der Waals surface area (Å²) in [5, 5.41) is 11.4. The SMILES string of the molecule is O=C(CSc1ccccc1F)Nc1cccnc1C(=O)O. The fourth-order valence-electron chi connectivity index (χ4n) is 1.57. The highest BCUT2D eigenvalue weighted by Gasteiger charge is 2.13. The van der Waals surface area contributed by atoms with Gasteiger partial charge in [0.1, 0.15) is 5.82 Å². The molecule has 0 aliphatic rings. The number of aromatic nitrogens is 1. The largest absolute Gasteiger partial charge is 0.476 e. The van der Waals surface area contributed by atoms with Crippen LogP contribution in [0.2, 0.25) is 0 Å². The minimum absolute atomic E-state index is 0.0329. The van der Waals surface area contributed by atoms with Gasteiger partial charge in [0, 0.05) is 11.1 Å². The first kappa shape index (κ1) is 15.0. The van der Waals surface area contributed by atoms with E-state index in [-0.39, 0.29) is 17.1 Å². The fourth-order valence-corrected chi connectivity index (χ4v) is 2.31. The maximum absolute atomic E-state index is 13.4. The Kier molecular flexibility index (Phi) is 4.89. The van der Waals surface area contributed by atoms with Crippen molar-refractivity contribution in [2.24, 2.45) is 0 Å². The van der Waals surface area contributed by atoms with Crippen molar-refractivity contribution < 1.29 is 19.1 Å². The molecule has 2 N–H and O–H groups in total. The predicted octanol–water partition coefficient (Wildman–Crippen LogP) is 2.65. The number of nitrogens with zero attached hydrogens (tertiary/aromatic N) is 1. The number of benzene rings is 1. The van der Waals surface area contributed by atoms with Crippen molar-refractivity contribution in [2.45, 2.75) is 4.90 Å². The fraction of sp³-hybridized carbons (Fsp3) is 0.0714. The molecule has 1 heterocycles. The Labute approximate surface area is 124 Å². The highest BCUT2D eigenvalue weighted by atomic mass is 32.2. The van der Waals surface area contributed by atoms with Crippen molar-refractivity contribution in [2.75, 3.05) is 11.1 Å². The van der Waals surface area contributed by atoms with Gasteiger partial charge in [0.25, 0.3) is 0 Å². The van der Waals surface area contributed by atoms with Crippen molar-refractivity contribution in [3.05, 3.63) is 54.1 Å². The molecule has 0 atom stereocenters. The van der Waals surface area contributed by atoms with Gasteiger partial charge in [-0.05, 0) is 24.3 Å². The van der Waals surface area contributed by atoms with E-state index in [1.807, 2.05) is 0 Å². The van der Waals surface area contributed by atoms with Crippen LogP contribution in [-0.4, -0.2) is 27.7 Å². The number of carbonyl (C=O) groups is 2. The number of carbonyl (C=O) groups excluding carboxylic acids is 1. The molecule has 0 aliphatic carbocycles. The molecule has 21 heavy (non-hydrogen) atoms. The van der Waals surface area contributed by atoms with Crippen molar-refractivity contribution in [1.82, 2.24) is 4.98 Å². The number of hydrogen-bond acceptors (Lipinski definition) is 4. The van der Waals surface area contributed by atoms with Gasteiger partial charge in [-0.25, -0.2) is 14.2 Å². The molecular formula is C14H11FN2O3S. The van der Waals surface area contributed by atoms with E-state index in [9.17, 15) is 14.0 Å². The molecule has 1 amide bonds. The zero-order chi connectivity index (χ0) is 15.2. The first-order valence-corrected chi connectivity index (χ1v) is 6.92. The second-order valence-electron chi connectivity index (χ2n) is 3.97. The van der Waals surface area contributed by atoms with E-state index in [1.54, 1.807) is 18.2 Å². The number of amides is 1. The standard InChI is InChI=1S/C14H11FN2O3S/c15-9-4-1-2-6-11(9)21-8-12(18)17-10-5-3-7-16-13(10)14(19)20/h1-7H,8H2,(H,17,18)(H,19,20). The molecule has 108 valence electrons. The number of aromatic carboxylic acids is 1. The number of nitrogens with one attached hydrogen (secondary N) is 1. The Hall–Kier alpha value is -2.41. The first-order valence-electron chi connectivity index (χ1n) is 5.93. The molecular weight excluding hydrogens is 295 g/mol. The Morgan fingerprint density at radius 2 is 2.00 bits per heavy atom. The van der Waals surface area contributed by atoms with Gasteiger partial charge in [0.15, 0.2) is 5.69 Å². The van der Waals surface area contributed by atoms with Crippen LogP contribution < -0.4 is 5.32 Å². The molecule has 2 aromatic rings. The second-order valence-corrected chi connectivity index (χ2v) is 4.99. The number of anilines is 1. The summed E-state index contributed by atoms with van der Waals surface area (Å²) in [4.78, 5) is 26.8. The van der Waals surface area contributed by atoms with Crippen molar-refractivity contribution in [1.29, 1.82) is 0 Å². The number of hydrogen-bond donors (Lipinski definition) is 2. The zero-order valence-corrected chi connectivity index (χ0v) is 11.6. The maximum Gasteiger partial charge on any atom is 0.356 e. The minimum atomic E-state index is -1.23. The van der Waals surface area contributed by atoms with Crippen LogP contribution in [0.1, 0.15) is 10.5 Å². The third-order valence-electron chi connectivity index (χ3n) is 2.48. The van der Waals surface area contributed by atoms with Crippen molar-refractivity contribution in [3.63, 3.8) is 0 Å². The first-order chi connectivity index (χ1) is 10.1. The van der Waals surface area contributed by atoms with E-state index in [4.69, 9.17) is 5.11 Å². The van der Waals surface area contributed by atoms with Gasteiger partial charge in [-0.1, -0.05) is 12.1 Å². The van der Waals surface area contributed by atoms with Crippen LogP contribution >= 0.6 is 11.8 Å². The Morgan fingerprint density at radius 1 is 1.24 bits per heavy atom. The number of pyridine rings is 1. The lowest BCUT2D eigenvalue weighted by Crippen LogP contribution is -2.17. The molecule has 0 saturated carbocycles. The molecule has 1 aromatic carbocycles. The number of thioether (sulfide) groups is 1. The topological polar surface area (TPSA) is 79.3 Å². The molecule has 5 nitrogen and oxygen atoms in total. The van der Waals surface area contributed by atoms with Crippen LogP contribution in [0, 0.1) is 5.82 Å². The minimum Gasteiger partial charge on any atom is -0.476 e. The smallest absolute Gasteiger partial charge is 0.356 e. The monoisotopic (exact) mass is 306 g/mol. The van der Waals surface area contributed by atoms with E-state index in [0.29, 0.717) is 4.90 Å². The van der Waals surface area contributed by atoms with Crippen LogP contribution in [0.3, 0.4) is 0 Å². The molecule has 2 rings (SSSR count). The lowest BCUT2D eigenvalue weighted by Gasteiger charge is -2.07. The molecule has 0 bridgehead atoms. The Bertz CT molecular complexity index is 679. The van der Waals surface area contributed by atoms with Crippen molar-refractivity contribution >= 4 is 29.3 Å². The Morgan fingerprint density at radius 3 is 2.71 bits per heavy atom. The number of halogens is 1. The van der Waals surface area contributed by atoms with Gasteiger partial charge in [-0.2, -0.15) is 0 Å². The molecule has 0 saturated heterocycles. The molecule has 0 aliphatic heterocycles. The average Bonchev–Trinajstić information content (AvgIpc) is 2.47. The van der Waals surface area contributed by atoms with E-state index in [0.717, 1.165) is 11.8 Å². The zero-order valence-electron chi connectivity index (χ0n) is 10.7. The van der Waals surface area contributed by atoms with E-state index in [2.05, 4.69) is 10.3 Å². The summed E-state index contributed by atoms with van der Waals surface area (Å²) in [6.07, 6.45) is 1.33. The molecule has 0 fully saturated rings. The number of rotatable bonds is 5. The van der Waals surface area contributed by atoms with Gasteiger partial charge in [-0.15, -0.1) is 11.8 Å². The Balaban J connectivity index is 2.00. The molecule has 0 radical (unpaired) electrons. The summed E-state index contributed by atoms with van der Waals surface area (Å²) in [5.74, 6) is -2.09. The van der Waals surface area contributed by atoms with Gasteiger partial charge < -0.3 is 10.4 Å². The molecule has 7 heteroatoms. The second kappa shape index (κ2) is 6.85. The lowest BCUT2D eigenvalue weighted by molar-refractivity contribution is -0.113. The summed E-state index contributed by atoms with van der Waals surface area (Å²) in [5.41, 5.74) is -0.120. The van der Waals surface area contributed by atoms with Gasteiger partial charge >= 0.3 is 5.97 Å². The van der Waals surface area contributed by atoms with E-state index < -0.39 is 17.7 Å². The third-order valence-corrected chi connectivity index (χ3v) is 3.53. The summed E-state index contributed by atoms with van der Waals surface area (Å²) in [6, 6.07) is 9.08. The van der Waals surface area contributed by atoms with Crippen LogP contribution in [0.5, 0.6) is 0 Å². The quantitative estimate of drug-likeness (QED) is 0.830. The number of carboxylic acid groups (broad SMARTS) is 1. The highest BCUT2D eigenvalue weighted by molar-refractivity contribution is 8.00. The van der Waals surface area contributed by atoms with Gasteiger partial charge in [-0.3, -0.25) is 4.79 Å². The van der Waals surface area contributed by atoms with Crippen LogP contribution in [0.25, 0.3) is 0 Å². The summed E-state index contributed by atoms with van der Waals surface area (Å²) < 4.78 is 13.4. The third kappa shape index (κ3) is 4.03. The van der Waals surface area contributed by atoms with Crippen LogP contribution in [-0.2, 0) is 4.79 Å². The predicted molar refractivity (Wildman–Crippen MR) is 77.0 cm³/mol. The maximum atomic E-state index is 13.4. The molecule has 1 aromatic heterocycles. The van der Waals surface area contributed by atoms with Crippen molar-refractivity contribution in [3.8, 4) is 0 Å². The lowest BCUT2D eigenvalue weighted by atomic mass is 10.3.